The van der Waals surface area contributed by atoms with Gasteiger partial charge in [0.1, 0.15) is 23.1 Å². The molecule has 6 nitrogen and oxygen atoms in total. The lowest BCUT2D eigenvalue weighted by Gasteiger charge is -2.10. The Morgan fingerprint density at radius 3 is 2.54 bits per heavy atom. The van der Waals surface area contributed by atoms with Crippen molar-refractivity contribution in [3.63, 3.8) is 0 Å². The van der Waals surface area contributed by atoms with E-state index in [2.05, 4.69) is 9.71 Å². The lowest BCUT2D eigenvalue weighted by molar-refractivity contribution is 0.146. The second kappa shape index (κ2) is 8.41. The van der Waals surface area contributed by atoms with Crippen molar-refractivity contribution in [2.45, 2.75) is 4.90 Å². The van der Waals surface area contributed by atoms with Crippen molar-refractivity contribution in [3.8, 4) is 17.0 Å². The second-order valence-electron chi connectivity index (χ2n) is 5.82. The van der Waals surface area contributed by atoms with Gasteiger partial charge in [-0.1, -0.05) is 12.1 Å². The minimum Gasteiger partial charge on any atom is -0.491 e. The molecule has 1 aromatic heterocycles. The van der Waals surface area contributed by atoms with Gasteiger partial charge < -0.3 is 14.5 Å². The molecule has 2 aromatic carbocycles. The van der Waals surface area contributed by atoms with Gasteiger partial charge in [0.25, 0.3) is 10.0 Å². The molecule has 0 aliphatic heterocycles. The SMILES string of the molecule is COCCOc1ccc(NS(=O)(=O)c2c[nH]c(-c3ccccc3F)c2)c(F)c1. The smallest absolute Gasteiger partial charge is 0.263 e. The number of H-pyrrole nitrogens is 1. The van der Waals surface area contributed by atoms with Crippen molar-refractivity contribution in [2.75, 3.05) is 25.0 Å². The highest BCUT2D eigenvalue weighted by atomic mass is 32.2. The number of halogens is 2. The summed E-state index contributed by atoms with van der Waals surface area (Å²) in [5.74, 6) is -1.03. The van der Waals surface area contributed by atoms with Crippen molar-refractivity contribution < 1.29 is 26.7 Å². The Morgan fingerprint density at radius 2 is 1.82 bits per heavy atom. The molecule has 0 atom stereocenters. The summed E-state index contributed by atoms with van der Waals surface area (Å²) in [7, 11) is -2.56. The van der Waals surface area contributed by atoms with E-state index in [1.807, 2.05) is 0 Å². The number of benzene rings is 2. The van der Waals surface area contributed by atoms with Crippen LogP contribution >= 0.6 is 0 Å². The van der Waals surface area contributed by atoms with E-state index in [9.17, 15) is 17.2 Å². The van der Waals surface area contributed by atoms with Gasteiger partial charge in [0.2, 0.25) is 0 Å². The lowest BCUT2D eigenvalue weighted by atomic mass is 10.1. The second-order valence-corrected chi connectivity index (χ2v) is 7.50. The van der Waals surface area contributed by atoms with Crippen LogP contribution in [0.3, 0.4) is 0 Å². The lowest BCUT2D eigenvalue weighted by Crippen LogP contribution is -2.13. The summed E-state index contributed by atoms with van der Waals surface area (Å²) in [5.41, 5.74) is 0.293. The summed E-state index contributed by atoms with van der Waals surface area (Å²) in [6.45, 7) is 0.580. The molecule has 0 fully saturated rings. The molecule has 0 amide bonds. The van der Waals surface area contributed by atoms with E-state index in [0.29, 0.717) is 12.3 Å². The van der Waals surface area contributed by atoms with Gasteiger partial charge in [-0.25, -0.2) is 17.2 Å². The minimum absolute atomic E-state index is 0.148. The van der Waals surface area contributed by atoms with Crippen LogP contribution in [0.25, 0.3) is 11.3 Å². The maximum Gasteiger partial charge on any atom is 0.263 e. The Kier molecular flexibility index (Phi) is 5.96. The number of rotatable bonds is 8. The third-order valence-corrected chi connectivity index (χ3v) is 5.22. The summed E-state index contributed by atoms with van der Waals surface area (Å²) in [6, 6.07) is 11.0. The molecule has 0 saturated carbocycles. The van der Waals surface area contributed by atoms with Gasteiger partial charge in [-0.3, -0.25) is 4.72 Å². The normalized spacial score (nSPS) is 11.4. The van der Waals surface area contributed by atoms with Gasteiger partial charge in [0.15, 0.2) is 5.82 Å². The van der Waals surface area contributed by atoms with Crippen LogP contribution in [-0.2, 0) is 14.8 Å². The van der Waals surface area contributed by atoms with E-state index in [4.69, 9.17) is 9.47 Å². The summed E-state index contributed by atoms with van der Waals surface area (Å²) in [5, 5.41) is 0. The van der Waals surface area contributed by atoms with Crippen LogP contribution in [0.4, 0.5) is 14.5 Å². The molecular formula is C19H18F2N2O4S. The molecule has 9 heteroatoms. The molecule has 3 rings (SSSR count). The highest BCUT2D eigenvalue weighted by molar-refractivity contribution is 7.92. The third-order valence-electron chi connectivity index (χ3n) is 3.87. The highest BCUT2D eigenvalue weighted by Gasteiger charge is 2.19. The molecule has 1 heterocycles. The largest absolute Gasteiger partial charge is 0.491 e. The van der Waals surface area contributed by atoms with Gasteiger partial charge in [-0.2, -0.15) is 0 Å². The fourth-order valence-electron chi connectivity index (χ4n) is 2.48. The number of hydrogen-bond donors (Lipinski definition) is 2. The molecule has 0 aliphatic carbocycles. The summed E-state index contributed by atoms with van der Waals surface area (Å²) in [6.07, 6.45) is 1.21. The van der Waals surface area contributed by atoms with E-state index in [1.165, 1.54) is 49.7 Å². The first kappa shape index (κ1) is 19.8. The average Bonchev–Trinajstić information content (AvgIpc) is 3.15. The quantitative estimate of drug-likeness (QED) is 0.556. The topological polar surface area (TPSA) is 80.4 Å². The monoisotopic (exact) mass is 408 g/mol. The van der Waals surface area contributed by atoms with Crippen LogP contribution < -0.4 is 9.46 Å². The van der Waals surface area contributed by atoms with Crippen LogP contribution in [0.2, 0.25) is 0 Å². The number of nitrogens with one attached hydrogen (secondary N) is 2. The molecule has 0 unspecified atom stereocenters. The zero-order valence-electron chi connectivity index (χ0n) is 14.9. The summed E-state index contributed by atoms with van der Waals surface area (Å²) >= 11 is 0. The first-order valence-corrected chi connectivity index (χ1v) is 9.76. The number of hydrogen-bond acceptors (Lipinski definition) is 4. The predicted molar refractivity (Wildman–Crippen MR) is 101 cm³/mol. The van der Waals surface area contributed by atoms with E-state index >= 15 is 0 Å². The predicted octanol–water partition coefficient (Wildman–Crippen LogP) is 3.79. The zero-order valence-corrected chi connectivity index (χ0v) is 15.7. The average molecular weight is 408 g/mol. The van der Waals surface area contributed by atoms with Gasteiger partial charge in [0.05, 0.1) is 12.3 Å². The highest BCUT2D eigenvalue weighted by Crippen LogP contribution is 2.27. The Bertz CT molecular complexity index is 1070. The van der Waals surface area contributed by atoms with Gasteiger partial charge >= 0.3 is 0 Å². The molecule has 0 saturated heterocycles. The number of anilines is 1. The van der Waals surface area contributed by atoms with Crippen LogP contribution in [0.1, 0.15) is 0 Å². The van der Waals surface area contributed by atoms with E-state index in [0.717, 1.165) is 6.07 Å². The van der Waals surface area contributed by atoms with Crippen LogP contribution in [0.5, 0.6) is 5.75 Å². The molecule has 2 N–H and O–H groups in total. The van der Waals surface area contributed by atoms with E-state index in [-0.39, 0.29) is 28.5 Å². The maximum atomic E-state index is 14.2. The van der Waals surface area contributed by atoms with Gasteiger partial charge in [-0.05, 0) is 30.3 Å². The van der Waals surface area contributed by atoms with Crippen molar-refractivity contribution in [1.29, 1.82) is 0 Å². The van der Waals surface area contributed by atoms with Crippen LogP contribution in [0.15, 0.2) is 59.6 Å². The first-order chi connectivity index (χ1) is 13.4. The van der Waals surface area contributed by atoms with Crippen LogP contribution in [0, 0.1) is 11.6 Å². The number of sulfonamides is 1. The van der Waals surface area contributed by atoms with E-state index in [1.54, 1.807) is 6.07 Å². The molecule has 3 aromatic rings. The molecule has 0 spiro atoms. The number of aromatic nitrogens is 1. The molecule has 0 bridgehead atoms. The summed E-state index contributed by atoms with van der Waals surface area (Å²) < 4.78 is 65.5. The fourth-order valence-corrected chi connectivity index (χ4v) is 3.54. The molecule has 28 heavy (non-hydrogen) atoms. The molecule has 148 valence electrons. The first-order valence-electron chi connectivity index (χ1n) is 8.28. The zero-order chi connectivity index (χ0) is 20.1. The molecule has 0 radical (unpaired) electrons. The van der Waals surface area contributed by atoms with Crippen molar-refractivity contribution >= 4 is 15.7 Å². The van der Waals surface area contributed by atoms with Crippen molar-refractivity contribution in [1.82, 2.24) is 4.98 Å². The third kappa shape index (κ3) is 4.49. The number of methoxy groups -OCH3 is 1. The van der Waals surface area contributed by atoms with Crippen molar-refractivity contribution in [2.24, 2.45) is 0 Å². The number of ether oxygens (including phenoxy) is 2. The van der Waals surface area contributed by atoms with Crippen LogP contribution in [-0.4, -0.2) is 33.7 Å². The van der Waals surface area contributed by atoms with Gasteiger partial charge in [0, 0.05) is 30.6 Å². The summed E-state index contributed by atoms with van der Waals surface area (Å²) in [4.78, 5) is 2.57. The Hall–Kier alpha value is -2.91. The standard InChI is InChI=1S/C19H18F2N2O4S/c1-26-8-9-27-13-6-7-18(17(21)10-13)23-28(24,25)14-11-19(22-12-14)15-4-2-3-5-16(15)20/h2-7,10-12,22-23H,8-9H2,1H3. The Labute approximate surface area is 161 Å². The Morgan fingerprint density at radius 1 is 1.04 bits per heavy atom. The maximum absolute atomic E-state index is 14.2. The van der Waals surface area contributed by atoms with E-state index < -0.39 is 21.7 Å². The van der Waals surface area contributed by atoms with Crippen molar-refractivity contribution in [3.05, 3.63) is 66.4 Å². The molecule has 0 aliphatic rings. The fraction of sp³-hybridized carbons (Fsp3) is 0.158. The van der Waals surface area contributed by atoms with Gasteiger partial charge in [-0.15, -0.1) is 0 Å². The Balaban J connectivity index is 1.78. The minimum atomic E-state index is -4.07. The molecular weight excluding hydrogens is 390 g/mol. The number of aromatic amines is 1.